The Bertz CT molecular complexity index is 1210. The minimum Gasteiger partial charge on any atom is -0.497 e. The summed E-state index contributed by atoms with van der Waals surface area (Å²) in [5, 5.41) is 10.4. The predicted molar refractivity (Wildman–Crippen MR) is 130 cm³/mol. The normalized spacial score (nSPS) is 25.4. The monoisotopic (exact) mass is 445 g/mol. The molecule has 1 amide bonds. The standard InChI is InChI=1S/C28H31NO4/c1-17-21(18-13-15-20(33-7)16-14-18)28(5)22(23(25(31)32)27(17,4)26(28,2)3)24(30)29(6)19-11-9-8-10-12-19/h8-16H,1-7H3,(H,31,32). The number of hydrogen-bond acceptors (Lipinski definition) is 3. The first-order chi connectivity index (χ1) is 15.4. The van der Waals surface area contributed by atoms with Gasteiger partial charge < -0.3 is 14.7 Å². The van der Waals surface area contributed by atoms with Gasteiger partial charge in [0.25, 0.3) is 5.91 Å². The smallest absolute Gasteiger partial charge is 0.333 e. The quantitative estimate of drug-likeness (QED) is 0.653. The van der Waals surface area contributed by atoms with Gasteiger partial charge in [0.2, 0.25) is 0 Å². The zero-order valence-corrected chi connectivity index (χ0v) is 20.3. The lowest BCUT2D eigenvalue weighted by Crippen LogP contribution is -2.41. The van der Waals surface area contributed by atoms with Crippen LogP contribution in [-0.4, -0.2) is 31.1 Å². The number of anilines is 1. The van der Waals surface area contributed by atoms with Crippen LogP contribution in [0.25, 0.3) is 5.57 Å². The first-order valence-corrected chi connectivity index (χ1v) is 11.1. The van der Waals surface area contributed by atoms with Crippen LogP contribution in [0.3, 0.4) is 0 Å². The van der Waals surface area contributed by atoms with Crippen LogP contribution in [0.4, 0.5) is 5.69 Å². The predicted octanol–water partition coefficient (Wildman–Crippen LogP) is 5.58. The number of fused-ring (bicyclic) bond motifs is 2. The summed E-state index contributed by atoms with van der Waals surface area (Å²) in [7, 11) is 3.33. The third-order valence-corrected chi connectivity index (χ3v) is 8.63. The summed E-state index contributed by atoms with van der Waals surface area (Å²) in [5.41, 5.74) is 2.16. The molecule has 2 bridgehead atoms. The molecule has 2 unspecified atom stereocenters. The number of hydrogen-bond donors (Lipinski definition) is 1. The second-order valence-corrected chi connectivity index (χ2v) is 9.86. The van der Waals surface area contributed by atoms with Crippen molar-refractivity contribution >= 4 is 23.1 Å². The van der Waals surface area contributed by atoms with E-state index in [4.69, 9.17) is 4.74 Å². The minimum absolute atomic E-state index is 0.206. The highest BCUT2D eigenvalue weighted by atomic mass is 16.5. The Morgan fingerprint density at radius 2 is 1.45 bits per heavy atom. The molecular formula is C28H31NO4. The molecule has 0 saturated heterocycles. The maximum absolute atomic E-state index is 14.0. The van der Waals surface area contributed by atoms with Crippen molar-refractivity contribution in [3.8, 4) is 5.75 Å². The molecule has 1 N–H and O–H groups in total. The Morgan fingerprint density at radius 3 is 1.97 bits per heavy atom. The average Bonchev–Trinajstić information content (AvgIpc) is 3.02. The molecule has 0 aromatic heterocycles. The molecule has 2 atom stereocenters. The van der Waals surface area contributed by atoms with E-state index in [1.165, 1.54) is 0 Å². The number of likely N-dealkylation sites (N-methyl/N-ethyl adjacent to an activating group) is 1. The van der Waals surface area contributed by atoms with Crippen molar-refractivity contribution < 1.29 is 19.4 Å². The lowest BCUT2D eigenvalue weighted by atomic mass is 9.59. The number of methoxy groups -OCH3 is 1. The molecule has 172 valence electrons. The molecule has 4 rings (SSSR count). The summed E-state index contributed by atoms with van der Waals surface area (Å²) >= 11 is 0. The van der Waals surface area contributed by atoms with E-state index in [9.17, 15) is 14.7 Å². The van der Waals surface area contributed by atoms with Crippen LogP contribution in [-0.2, 0) is 9.59 Å². The Balaban J connectivity index is 1.97. The lowest BCUT2D eigenvalue weighted by molar-refractivity contribution is -0.134. The zero-order valence-electron chi connectivity index (χ0n) is 20.3. The summed E-state index contributed by atoms with van der Waals surface area (Å²) in [4.78, 5) is 28.3. The van der Waals surface area contributed by atoms with Crippen LogP contribution in [0.5, 0.6) is 5.75 Å². The fraction of sp³-hybridized carbons (Fsp3) is 0.357. The zero-order chi connectivity index (χ0) is 24.3. The second kappa shape index (κ2) is 7.34. The van der Waals surface area contributed by atoms with Crippen LogP contribution < -0.4 is 9.64 Å². The number of aliphatic carboxylic acids is 1. The first-order valence-electron chi connectivity index (χ1n) is 11.1. The molecule has 0 saturated carbocycles. The van der Waals surface area contributed by atoms with Crippen LogP contribution in [0, 0.1) is 16.2 Å². The molecule has 2 aromatic carbocycles. The number of ether oxygens (including phenoxy) is 1. The highest BCUT2D eigenvalue weighted by Crippen LogP contribution is 2.77. The average molecular weight is 446 g/mol. The van der Waals surface area contributed by atoms with E-state index in [1.807, 2.05) is 75.4 Å². The van der Waals surface area contributed by atoms with Gasteiger partial charge in [0.1, 0.15) is 5.75 Å². The van der Waals surface area contributed by atoms with Crippen LogP contribution >= 0.6 is 0 Å². The van der Waals surface area contributed by atoms with Gasteiger partial charge in [-0.15, -0.1) is 0 Å². The molecule has 33 heavy (non-hydrogen) atoms. The largest absolute Gasteiger partial charge is 0.497 e. The number of nitrogens with zero attached hydrogens (tertiary/aromatic N) is 1. The molecule has 0 radical (unpaired) electrons. The number of carbonyl (C=O) groups is 2. The first kappa shape index (κ1) is 22.8. The van der Waals surface area contributed by atoms with E-state index in [0.29, 0.717) is 5.57 Å². The van der Waals surface area contributed by atoms with Crippen molar-refractivity contribution in [2.24, 2.45) is 16.2 Å². The number of carboxylic acids is 1. The Morgan fingerprint density at radius 1 is 0.879 bits per heavy atom. The fourth-order valence-electron chi connectivity index (χ4n) is 6.18. The number of allylic oxidation sites excluding steroid dienone is 2. The summed E-state index contributed by atoms with van der Waals surface area (Å²) in [5.74, 6) is -0.568. The van der Waals surface area contributed by atoms with Gasteiger partial charge in [-0.25, -0.2) is 4.79 Å². The number of rotatable bonds is 5. The highest BCUT2D eigenvalue weighted by Gasteiger charge is 2.72. The Kier molecular flexibility index (Phi) is 5.08. The molecule has 2 aromatic rings. The molecule has 2 aliphatic rings. The highest BCUT2D eigenvalue weighted by molar-refractivity contribution is 6.16. The van der Waals surface area contributed by atoms with Crippen molar-refractivity contribution in [2.45, 2.75) is 34.6 Å². The van der Waals surface area contributed by atoms with Gasteiger partial charge in [0.15, 0.2) is 0 Å². The molecule has 0 fully saturated rings. The van der Waals surface area contributed by atoms with Crippen molar-refractivity contribution in [3.05, 3.63) is 76.9 Å². The molecular weight excluding hydrogens is 414 g/mol. The fourth-order valence-corrected chi connectivity index (χ4v) is 6.18. The van der Waals surface area contributed by atoms with Crippen molar-refractivity contribution in [1.82, 2.24) is 0 Å². The van der Waals surface area contributed by atoms with Gasteiger partial charge in [-0.05, 0) is 47.7 Å². The van der Waals surface area contributed by atoms with E-state index in [2.05, 4.69) is 13.8 Å². The molecule has 5 heteroatoms. The van der Waals surface area contributed by atoms with Crippen molar-refractivity contribution in [2.75, 3.05) is 19.1 Å². The number of amides is 1. The van der Waals surface area contributed by atoms with E-state index in [0.717, 1.165) is 28.1 Å². The third-order valence-electron chi connectivity index (χ3n) is 8.63. The maximum Gasteiger partial charge on any atom is 0.333 e. The van der Waals surface area contributed by atoms with E-state index < -0.39 is 22.2 Å². The number of para-hydroxylation sites is 1. The van der Waals surface area contributed by atoms with Gasteiger partial charge >= 0.3 is 5.97 Å². The summed E-state index contributed by atoms with van der Waals surface area (Å²) in [6.07, 6.45) is 0. The molecule has 0 aliphatic heterocycles. The lowest BCUT2D eigenvalue weighted by Gasteiger charge is -2.43. The van der Waals surface area contributed by atoms with Crippen molar-refractivity contribution in [1.29, 1.82) is 0 Å². The van der Waals surface area contributed by atoms with Gasteiger partial charge in [0.05, 0.1) is 12.7 Å². The number of carbonyl (C=O) groups excluding carboxylic acids is 1. The number of benzene rings is 2. The third kappa shape index (κ3) is 2.71. The molecule has 0 spiro atoms. The topological polar surface area (TPSA) is 66.8 Å². The van der Waals surface area contributed by atoms with Crippen LogP contribution in [0.1, 0.15) is 40.2 Å². The summed E-state index contributed by atoms with van der Waals surface area (Å²) < 4.78 is 5.33. The molecule has 0 heterocycles. The van der Waals surface area contributed by atoms with Crippen LogP contribution in [0.2, 0.25) is 0 Å². The number of carboxylic acid groups (broad SMARTS) is 1. The van der Waals surface area contributed by atoms with E-state index in [-0.39, 0.29) is 11.5 Å². The minimum atomic E-state index is -1.03. The summed E-state index contributed by atoms with van der Waals surface area (Å²) in [6, 6.07) is 17.1. The van der Waals surface area contributed by atoms with Crippen LogP contribution in [0.15, 0.2) is 71.3 Å². The van der Waals surface area contributed by atoms with Crippen molar-refractivity contribution in [3.63, 3.8) is 0 Å². The Hall–Kier alpha value is -3.34. The Labute approximate surface area is 195 Å². The second-order valence-electron chi connectivity index (χ2n) is 9.86. The molecule has 2 aliphatic carbocycles. The van der Waals surface area contributed by atoms with Gasteiger partial charge in [-0.1, -0.05) is 63.6 Å². The van der Waals surface area contributed by atoms with Gasteiger partial charge in [-0.2, -0.15) is 0 Å². The summed E-state index contributed by atoms with van der Waals surface area (Å²) in [6.45, 7) is 10.2. The van der Waals surface area contributed by atoms with Gasteiger partial charge in [0, 0.05) is 29.1 Å². The van der Waals surface area contributed by atoms with Gasteiger partial charge in [-0.3, -0.25) is 4.79 Å². The SMILES string of the molecule is COc1ccc(C2=C(C)C3(C)C(C(=O)O)=C(C(=O)N(C)c4ccccc4)C2(C)C3(C)C)cc1. The van der Waals surface area contributed by atoms with E-state index >= 15 is 0 Å². The maximum atomic E-state index is 14.0. The molecule has 5 nitrogen and oxygen atoms in total. The van der Waals surface area contributed by atoms with E-state index in [1.54, 1.807) is 19.1 Å².